The van der Waals surface area contributed by atoms with Crippen molar-refractivity contribution in [2.24, 2.45) is 16.0 Å². The smallest absolute Gasteiger partial charge is 0.401 e. The molecule has 2 atom stereocenters. The zero-order chi connectivity index (χ0) is 24.2. The number of hydrogen-bond donors (Lipinski definition) is 4. The van der Waals surface area contributed by atoms with Crippen molar-refractivity contribution < 1.29 is 32.3 Å². The van der Waals surface area contributed by atoms with Gasteiger partial charge in [0.25, 0.3) is 18.0 Å². The van der Waals surface area contributed by atoms with Crippen molar-refractivity contribution in [3.05, 3.63) is 46.0 Å². The maximum Gasteiger partial charge on any atom is 0.448 e. The second-order valence-corrected chi connectivity index (χ2v) is 7.90. The summed E-state index contributed by atoms with van der Waals surface area (Å²) in [5.74, 6) is -0.850. The number of halogens is 3. The van der Waals surface area contributed by atoms with E-state index in [-0.39, 0.29) is 35.4 Å². The molecular formula is C19H23F3N6O4S. The highest BCUT2D eigenvalue weighted by molar-refractivity contribution is 8.01. The first-order valence-corrected chi connectivity index (χ1v) is 10.7. The van der Waals surface area contributed by atoms with Gasteiger partial charge >= 0.3 is 6.18 Å². The van der Waals surface area contributed by atoms with Gasteiger partial charge in [0.05, 0.1) is 19.3 Å². The summed E-state index contributed by atoms with van der Waals surface area (Å²) in [6, 6.07) is 5.35. The van der Waals surface area contributed by atoms with E-state index < -0.39 is 24.4 Å². The van der Waals surface area contributed by atoms with Gasteiger partial charge in [-0.15, -0.1) is 0 Å². The van der Waals surface area contributed by atoms with Crippen LogP contribution in [0.5, 0.6) is 0 Å². The maximum atomic E-state index is 12.8. The van der Waals surface area contributed by atoms with Crippen LogP contribution in [-0.2, 0) is 14.4 Å². The van der Waals surface area contributed by atoms with Crippen LogP contribution >= 0.6 is 11.9 Å². The lowest BCUT2D eigenvalue weighted by Crippen LogP contribution is -2.54. The van der Waals surface area contributed by atoms with E-state index in [1.54, 1.807) is 11.8 Å². The molecule has 2 heterocycles. The van der Waals surface area contributed by atoms with Gasteiger partial charge < -0.3 is 30.8 Å². The Balaban J connectivity index is 1.60. The number of carbonyl (C=O) groups is 2. The van der Waals surface area contributed by atoms with Gasteiger partial charge in [-0.3, -0.25) is 14.7 Å². The van der Waals surface area contributed by atoms with Crippen molar-refractivity contribution >= 4 is 29.6 Å². The van der Waals surface area contributed by atoms with E-state index in [9.17, 15) is 22.8 Å². The van der Waals surface area contributed by atoms with Gasteiger partial charge in [-0.1, -0.05) is 17.3 Å². The molecule has 1 aromatic rings. The van der Waals surface area contributed by atoms with Crippen molar-refractivity contribution in [2.45, 2.75) is 25.4 Å². The van der Waals surface area contributed by atoms with E-state index in [0.29, 0.717) is 24.4 Å². The number of ether oxygens (including phenoxy) is 1. The van der Waals surface area contributed by atoms with Crippen LogP contribution in [-0.4, -0.2) is 67.3 Å². The lowest BCUT2D eigenvalue weighted by molar-refractivity contribution is -0.218. The van der Waals surface area contributed by atoms with Crippen LogP contribution in [0.1, 0.15) is 22.8 Å². The average molecular weight is 488 g/mol. The summed E-state index contributed by atoms with van der Waals surface area (Å²) < 4.78 is 43.5. The Morgan fingerprint density at radius 2 is 2.03 bits per heavy atom. The molecule has 2 amide bonds. The summed E-state index contributed by atoms with van der Waals surface area (Å²) in [7, 11) is 0. The van der Waals surface area contributed by atoms with Crippen molar-refractivity contribution in [2.75, 3.05) is 26.3 Å². The molecule has 0 aromatic heterocycles. The Bertz CT molecular complexity index is 950. The number of amides is 2. The highest BCUT2D eigenvalue weighted by Gasteiger charge is 2.45. The molecule has 1 fully saturated rings. The summed E-state index contributed by atoms with van der Waals surface area (Å²) in [5.41, 5.74) is 6.64. The minimum atomic E-state index is -4.61. The standard InChI is InChI=1S/C19H23F3N6O4S/c1-10(23)14(33-24)17(30)28-6-7-31-9-13(28)8-25-16(29)12-4-2-11(3-5-12)15-26-18(32-27-15)19(20,21)22/h2-5,13,18H,6-9,23-24H2,1H3,(H,25,29)(H,26,27)/b14-10-/t13-,18?/m0/s1. The van der Waals surface area contributed by atoms with Gasteiger partial charge in [0, 0.05) is 29.9 Å². The molecule has 33 heavy (non-hydrogen) atoms. The van der Waals surface area contributed by atoms with Crippen molar-refractivity contribution in [3.8, 4) is 0 Å². The third kappa shape index (κ3) is 5.89. The number of benzene rings is 1. The number of carbonyl (C=O) groups excluding carboxylic acids is 2. The molecule has 1 unspecified atom stereocenters. The molecule has 10 nitrogen and oxygen atoms in total. The van der Waals surface area contributed by atoms with Crippen LogP contribution in [0.4, 0.5) is 13.2 Å². The van der Waals surface area contributed by atoms with Crippen LogP contribution in [0, 0.1) is 0 Å². The summed E-state index contributed by atoms with van der Waals surface area (Å²) in [4.78, 5) is 31.4. The fourth-order valence-electron chi connectivity index (χ4n) is 3.19. The largest absolute Gasteiger partial charge is 0.448 e. The number of oxime groups is 1. The van der Waals surface area contributed by atoms with Gasteiger partial charge in [0.15, 0.2) is 5.84 Å². The molecule has 180 valence electrons. The zero-order valence-corrected chi connectivity index (χ0v) is 18.3. The molecule has 0 saturated carbocycles. The van der Waals surface area contributed by atoms with Gasteiger partial charge in [-0.05, 0) is 31.0 Å². The highest BCUT2D eigenvalue weighted by atomic mass is 32.2. The summed E-state index contributed by atoms with van der Waals surface area (Å²) >= 11 is 0.765. The first kappa shape index (κ1) is 24.7. The molecule has 14 heteroatoms. The molecule has 3 rings (SSSR count). The zero-order valence-electron chi connectivity index (χ0n) is 17.5. The second kappa shape index (κ2) is 10.3. The molecule has 0 aliphatic carbocycles. The fraction of sp³-hybridized carbons (Fsp3) is 0.421. The summed E-state index contributed by atoms with van der Waals surface area (Å²) in [6.45, 7) is 2.59. The minimum Gasteiger partial charge on any atom is -0.401 e. The number of amidine groups is 1. The summed E-state index contributed by atoms with van der Waals surface area (Å²) in [5, 5.41) is 13.8. The van der Waals surface area contributed by atoms with E-state index in [1.807, 2.05) is 0 Å². The number of allylic oxidation sites excluding steroid dienone is 1. The summed E-state index contributed by atoms with van der Waals surface area (Å²) in [6.07, 6.45) is -6.82. The van der Waals surface area contributed by atoms with Crippen LogP contribution in [0.25, 0.3) is 0 Å². The lowest BCUT2D eigenvalue weighted by atomic mass is 10.1. The SMILES string of the molecule is C/C(N)=C(/SN)C(=O)N1CCOC[C@@H]1CNC(=O)c1ccc(C2=NOC(C(F)(F)F)N2)cc1. The maximum absolute atomic E-state index is 12.8. The van der Waals surface area contributed by atoms with E-state index >= 15 is 0 Å². The Morgan fingerprint density at radius 3 is 2.61 bits per heavy atom. The third-order valence-corrected chi connectivity index (χ3v) is 5.62. The van der Waals surface area contributed by atoms with E-state index in [4.69, 9.17) is 15.6 Å². The number of rotatable bonds is 6. The minimum absolute atomic E-state index is 0.0883. The van der Waals surface area contributed by atoms with Gasteiger partial charge in [-0.25, -0.2) is 0 Å². The molecule has 1 saturated heterocycles. The molecule has 2 aliphatic heterocycles. The number of hydrogen-bond acceptors (Lipinski definition) is 9. The number of morpholine rings is 1. The van der Waals surface area contributed by atoms with Gasteiger partial charge in [0.1, 0.15) is 4.91 Å². The van der Waals surface area contributed by atoms with E-state index in [1.165, 1.54) is 24.3 Å². The molecule has 2 aliphatic rings. The second-order valence-electron chi connectivity index (χ2n) is 7.26. The highest BCUT2D eigenvalue weighted by Crippen LogP contribution is 2.24. The molecule has 0 bridgehead atoms. The molecule has 0 radical (unpaired) electrons. The monoisotopic (exact) mass is 488 g/mol. The van der Waals surface area contributed by atoms with Gasteiger partial charge in [-0.2, -0.15) is 13.2 Å². The van der Waals surface area contributed by atoms with Crippen LogP contribution in [0.3, 0.4) is 0 Å². The number of nitrogens with one attached hydrogen (secondary N) is 2. The normalized spacial score (nSPS) is 21.5. The lowest BCUT2D eigenvalue weighted by Gasteiger charge is -2.36. The van der Waals surface area contributed by atoms with E-state index in [2.05, 4.69) is 20.6 Å². The Labute approximate surface area is 191 Å². The Kier molecular flexibility index (Phi) is 7.71. The third-order valence-electron chi connectivity index (χ3n) is 4.89. The van der Waals surface area contributed by atoms with Crippen LogP contribution in [0.2, 0.25) is 0 Å². The Hall–Kier alpha value is -2.97. The van der Waals surface area contributed by atoms with Gasteiger partial charge in [0.2, 0.25) is 0 Å². The quantitative estimate of drug-likeness (QED) is 0.337. The average Bonchev–Trinajstić information content (AvgIpc) is 3.29. The first-order valence-electron chi connectivity index (χ1n) is 9.79. The van der Waals surface area contributed by atoms with Crippen molar-refractivity contribution in [1.29, 1.82) is 0 Å². The number of nitrogens with zero attached hydrogens (tertiary/aromatic N) is 2. The number of alkyl halides is 3. The molecule has 6 N–H and O–H groups in total. The molecule has 0 spiro atoms. The predicted octanol–water partition coefficient (Wildman–Crippen LogP) is 0.611. The molecular weight excluding hydrogens is 465 g/mol. The van der Waals surface area contributed by atoms with Crippen LogP contribution in [0.15, 0.2) is 40.0 Å². The predicted molar refractivity (Wildman–Crippen MR) is 114 cm³/mol. The fourth-order valence-corrected chi connectivity index (χ4v) is 3.59. The first-order chi connectivity index (χ1) is 15.6. The van der Waals surface area contributed by atoms with Crippen molar-refractivity contribution in [3.63, 3.8) is 0 Å². The topological polar surface area (TPSA) is 144 Å². The van der Waals surface area contributed by atoms with E-state index in [0.717, 1.165) is 11.9 Å². The van der Waals surface area contributed by atoms with Crippen LogP contribution < -0.4 is 21.5 Å². The van der Waals surface area contributed by atoms with Crippen molar-refractivity contribution in [1.82, 2.24) is 15.5 Å². The Morgan fingerprint density at radius 1 is 1.33 bits per heavy atom. The number of nitrogens with two attached hydrogens (primary N) is 2. The molecule has 1 aromatic carbocycles.